The van der Waals surface area contributed by atoms with E-state index < -0.39 is 0 Å². The van der Waals surface area contributed by atoms with Crippen LogP contribution in [0.1, 0.15) is 4.88 Å². The van der Waals surface area contributed by atoms with Gasteiger partial charge in [0.2, 0.25) is 0 Å². The molecule has 0 spiro atoms. The Morgan fingerprint density at radius 1 is 1.25 bits per heavy atom. The van der Waals surface area contributed by atoms with Gasteiger partial charge in [0.25, 0.3) is 5.91 Å². The Morgan fingerprint density at radius 2 is 1.95 bits per heavy atom. The van der Waals surface area contributed by atoms with Gasteiger partial charge in [-0.1, -0.05) is 0 Å². The number of aliphatic hydroxyl groups is 2. The molecule has 6 nitrogen and oxygen atoms in total. The van der Waals surface area contributed by atoms with Crippen LogP contribution in [0.3, 0.4) is 0 Å². The fraction of sp³-hybridized carbons (Fsp3) is 0.333. The number of amides is 1. The minimum absolute atomic E-state index is 0.0204. The van der Waals surface area contributed by atoms with Crippen LogP contribution in [0.4, 0.5) is 5.00 Å². The number of thiophene rings is 1. The van der Waals surface area contributed by atoms with Crippen LogP contribution < -0.4 is 15.5 Å². The normalized spacial score (nSPS) is 16.4. The van der Waals surface area contributed by atoms with Crippen molar-refractivity contribution in [3.63, 3.8) is 0 Å². The smallest absolute Gasteiger partial charge is 0.273 e. The van der Waals surface area contributed by atoms with Crippen LogP contribution in [0.25, 0.3) is 6.08 Å². The zero-order valence-corrected chi connectivity index (χ0v) is 12.3. The number of aliphatic hydroxyl groups excluding tert-OH is 2. The van der Waals surface area contributed by atoms with Crippen LogP contribution in [0.15, 0.2) is 17.8 Å². The Balaban J connectivity index is 2.14. The van der Waals surface area contributed by atoms with Crippen molar-refractivity contribution in [3.8, 4) is 0 Å². The number of hydrogen-bond donors (Lipinski definition) is 4. The van der Waals surface area contributed by atoms with Gasteiger partial charge in [0.1, 0.15) is 5.70 Å². The predicted molar refractivity (Wildman–Crippen MR) is 82.6 cm³/mol. The van der Waals surface area contributed by atoms with Gasteiger partial charge in [-0.15, -0.1) is 11.3 Å². The highest BCUT2D eigenvalue weighted by atomic mass is 32.1. The van der Waals surface area contributed by atoms with Gasteiger partial charge in [-0.25, -0.2) is 0 Å². The Kier molecular flexibility index (Phi) is 5.07. The lowest BCUT2D eigenvalue weighted by Crippen LogP contribution is -2.28. The first-order chi connectivity index (χ1) is 9.63. The summed E-state index contributed by atoms with van der Waals surface area (Å²) in [5.41, 5.74) is 0.416. The first-order valence-electron chi connectivity index (χ1n) is 6.04. The molecule has 1 amide bonds. The van der Waals surface area contributed by atoms with E-state index in [0.717, 1.165) is 9.88 Å². The fourth-order valence-corrected chi connectivity index (χ4v) is 2.99. The minimum atomic E-state index is -0.243. The van der Waals surface area contributed by atoms with Gasteiger partial charge < -0.3 is 20.4 Å². The molecule has 2 heterocycles. The number of carbonyl (C=O) groups is 1. The van der Waals surface area contributed by atoms with Crippen LogP contribution in [-0.2, 0) is 4.79 Å². The molecule has 0 saturated carbocycles. The lowest BCUT2D eigenvalue weighted by atomic mass is 10.3. The molecule has 1 saturated heterocycles. The van der Waals surface area contributed by atoms with Crippen molar-refractivity contribution in [2.75, 3.05) is 31.2 Å². The van der Waals surface area contributed by atoms with Crippen molar-refractivity contribution in [3.05, 3.63) is 22.7 Å². The zero-order valence-electron chi connectivity index (χ0n) is 10.6. The number of anilines is 1. The van der Waals surface area contributed by atoms with E-state index in [1.165, 1.54) is 11.3 Å². The van der Waals surface area contributed by atoms with E-state index in [1.807, 2.05) is 17.0 Å². The van der Waals surface area contributed by atoms with Gasteiger partial charge in [0, 0.05) is 18.0 Å². The summed E-state index contributed by atoms with van der Waals surface area (Å²) in [6, 6.07) is 3.78. The van der Waals surface area contributed by atoms with Crippen LogP contribution >= 0.6 is 23.6 Å². The van der Waals surface area contributed by atoms with Gasteiger partial charge in [-0.3, -0.25) is 10.1 Å². The largest absolute Gasteiger partial charge is 0.395 e. The first kappa shape index (κ1) is 14.9. The summed E-state index contributed by atoms with van der Waals surface area (Å²) < 4.78 is 0. The molecule has 0 unspecified atom stereocenters. The molecule has 108 valence electrons. The van der Waals surface area contributed by atoms with E-state index in [0.29, 0.717) is 23.9 Å². The number of thiocarbonyl (C=S) groups is 1. The summed E-state index contributed by atoms with van der Waals surface area (Å²) in [5, 5.41) is 24.6. The molecule has 4 N–H and O–H groups in total. The Hall–Kier alpha value is -1.48. The van der Waals surface area contributed by atoms with Gasteiger partial charge in [-0.05, 0) is 30.4 Å². The summed E-state index contributed by atoms with van der Waals surface area (Å²) >= 11 is 6.34. The predicted octanol–water partition coefficient (Wildman–Crippen LogP) is -0.116. The van der Waals surface area contributed by atoms with Crippen molar-refractivity contribution in [1.82, 2.24) is 10.6 Å². The van der Waals surface area contributed by atoms with Crippen molar-refractivity contribution in [1.29, 1.82) is 0 Å². The lowest BCUT2D eigenvalue weighted by Gasteiger charge is -2.20. The molecular formula is C12H15N3O3S2. The number of carbonyl (C=O) groups excluding carboxylic acids is 1. The summed E-state index contributed by atoms with van der Waals surface area (Å²) in [6.45, 7) is 0.957. The Morgan fingerprint density at radius 3 is 2.50 bits per heavy atom. The van der Waals surface area contributed by atoms with Crippen molar-refractivity contribution in [2.24, 2.45) is 0 Å². The van der Waals surface area contributed by atoms with E-state index in [9.17, 15) is 4.79 Å². The van der Waals surface area contributed by atoms with E-state index in [1.54, 1.807) is 6.08 Å². The lowest BCUT2D eigenvalue weighted by molar-refractivity contribution is -0.115. The SMILES string of the molecule is O=C1NC(=S)N/C1=C\c1ccc(N(CCO)CCO)s1. The molecule has 0 bridgehead atoms. The van der Waals surface area contributed by atoms with Gasteiger partial charge in [0.15, 0.2) is 5.11 Å². The maximum atomic E-state index is 11.5. The van der Waals surface area contributed by atoms with Crippen molar-refractivity contribution in [2.45, 2.75) is 0 Å². The van der Waals surface area contributed by atoms with Crippen LogP contribution in [0.5, 0.6) is 0 Å². The molecule has 1 aliphatic rings. The van der Waals surface area contributed by atoms with E-state index in [2.05, 4.69) is 10.6 Å². The second-order valence-electron chi connectivity index (χ2n) is 4.08. The summed E-state index contributed by atoms with van der Waals surface area (Å²) in [6.07, 6.45) is 1.72. The van der Waals surface area contributed by atoms with Gasteiger partial charge >= 0.3 is 0 Å². The molecule has 0 aliphatic carbocycles. The summed E-state index contributed by atoms with van der Waals surface area (Å²) in [7, 11) is 0. The van der Waals surface area contributed by atoms with E-state index in [4.69, 9.17) is 22.4 Å². The van der Waals surface area contributed by atoms with E-state index >= 15 is 0 Å². The van der Waals surface area contributed by atoms with Crippen LogP contribution in [0.2, 0.25) is 0 Å². The average molecular weight is 313 g/mol. The molecule has 8 heteroatoms. The minimum Gasteiger partial charge on any atom is -0.395 e. The van der Waals surface area contributed by atoms with E-state index in [-0.39, 0.29) is 19.1 Å². The maximum absolute atomic E-state index is 11.5. The Labute approximate surface area is 125 Å². The third-order valence-corrected chi connectivity index (χ3v) is 3.97. The molecule has 0 radical (unpaired) electrons. The number of rotatable bonds is 6. The highest BCUT2D eigenvalue weighted by molar-refractivity contribution is 7.80. The first-order valence-corrected chi connectivity index (χ1v) is 7.27. The highest BCUT2D eigenvalue weighted by Crippen LogP contribution is 2.27. The van der Waals surface area contributed by atoms with Crippen molar-refractivity contribution < 1.29 is 15.0 Å². The molecule has 2 rings (SSSR count). The topological polar surface area (TPSA) is 84.8 Å². The van der Waals surface area contributed by atoms with Crippen LogP contribution in [0, 0.1) is 0 Å². The van der Waals surface area contributed by atoms with Gasteiger partial charge in [-0.2, -0.15) is 0 Å². The summed E-state index contributed by atoms with van der Waals surface area (Å²) in [4.78, 5) is 14.3. The molecule has 1 aliphatic heterocycles. The number of nitrogens with one attached hydrogen (secondary N) is 2. The molecule has 0 aromatic carbocycles. The molecule has 0 atom stereocenters. The third kappa shape index (κ3) is 3.54. The summed E-state index contributed by atoms with van der Waals surface area (Å²) in [5.74, 6) is -0.243. The maximum Gasteiger partial charge on any atom is 0.273 e. The fourth-order valence-electron chi connectivity index (χ4n) is 1.79. The van der Waals surface area contributed by atoms with Gasteiger partial charge in [0.05, 0.1) is 18.2 Å². The monoisotopic (exact) mass is 313 g/mol. The second kappa shape index (κ2) is 6.80. The third-order valence-electron chi connectivity index (χ3n) is 2.67. The van der Waals surface area contributed by atoms with Crippen molar-refractivity contribution >= 4 is 45.7 Å². The number of hydrogen-bond acceptors (Lipinski definition) is 6. The zero-order chi connectivity index (χ0) is 14.5. The standard InChI is InChI=1S/C12H15N3O3S2/c16-5-3-15(4-6-17)10-2-1-8(20-10)7-9-11(18)14-12(19)13-9/h1-2,7,16-17H,3-6H2,(H2,13,14,18,19)/b9-7-. The number of nitrogens with zero attached hydrogens (tertiary/aromatic N) is 1. The molecule has 1 aromatic heterocycles. The van der Waals surface area contributed by atoms with Crippen LogP contribution in [-0.4, -0.2) is 47.5 Å². The molecular weight excluding hydrogens is 298 g/mol. The molecule has 20 heavy (non-hydrogen) atoms. The highest BCUT2D eigenvalue weighted by Gasteiger charge is 2.20. The average Bonchev–Trinajstić information content (AvgIpc) is 2.97. The quantitative estimate of drug-likeness (QED) is 0.433. The Bertz CT molecular complexity index is 536. The second-order valence-corrected chi connectivity index (χ2v) is 5.58. The molecule has 1 fully saturated rings. The molecule has 1 aromatic rings.